The lowest BCUT2D eigenvalue weighted by Gasteiger charge is -2.17. The fourth-order valence-corrected chi connectivity index (χ4v) is 3.64. The lowest BCUT2D eigenvalue weighted by atomic mass is 10.1. The zero-order valence-electron chi connectivity index (χ0n) is 15.8. The van der Waals surface area contributed by atoms with Crippen molar-refractivity contribution in [1.82, 2.24) is 15.1 Å². The Hall–Kier alpha value is -3.12. The molecule has 0 radical (unpaired) electrons. The Labute approximate surface area is 174 Å². The number of benzene rings is 2. The summed E-state index contributed by atoms with van der Waals surface area (Å²) in [5.41, 5.74) is 2.88. The molecule has 0 bridgehead atoms. The first-order valence-electron chi connectivity index (χ1n) is 9.47. The molecule has 2 aromatic carbocycles. The number of amides is 2. The van der Waals surface area contributed by atoms with Gasteiger partial charge in [-0.3, -0.25) is 14.3 Å². The predicted octanol–water partition coefficient (Wildman–Crippen LogP) is 3.25. The summed E-state index contributed by atoms with van der Waals surface area (Å²) in [6.07, 6.45) is 3.88. The molecule has 0 spiro atoms. The highest BCUT2D eigenvalue weighted by Gasteiger charge is 2.35. The molecule has 0 saturated carbocycles. The Morgan fingerprint density at radius 2 is 1.93 bits per heavy atom. The van der Waals surface area contributed by atoms with Gasteiger partial charge in [-0.05, 0) is 35.4 Å². The van der Waals surface area contributed by atoms with Crippen LogP contribution >= 0.6 is 11.6 Å². The van der Waals surface area contributed by atoms with Crippen molar-refractivity contribution in [2.75, 3.05) is 11.4 Å². The van der Waals surface area contributed by atoms with E-state index >= 15 is 0 Å². The van der Waals surface area contributed by atoms with Gasteiger partial charge in [0.25, 0.3) is 0 Å². The molecule has 2 heterocycles. The van der Waals surface area contributed by atoms with E-state index in [2.05, 4.69) is 10.4 Å². The Bertz CT molecular complexity index is 1000. The summed E-state index contributed by atoms with van der Waals surface area (Å²) in [7, 11) is 0. The van der Waals surface area contributed by atoms with Gasteiger partial charge in [-0.1, -0.05) is 41.9 Å². The molecule has 1 atom stereocenters. The number of hydrogen-bond donors (Lipinski definition) is 1. The number of carbonyl (C=O) groups excluding carboxylic acids is 2. The van der Waals surface area contributed by atoms with Crippen LogP contribution < -0.4 is 10.2 Å². The van der Waals surface area contributed by atoms with Gasteiger partial charge >= 0.3 is 0 Å². The Morgan fingerprint density at radius 1 is 1.14 bits per heavy atom. The summed E-state index contributed by atoms with van der Waals surface area (Å²) in [6, 6.07) is 17.1. The fraction of sp³-hybridized carbons (Fsp3) is 0.227. The van der Waals surface area contributed by atoms with Crippen molar-refractivity contribution in [3.05, 3.63) is 83.1 Å². The molecule has 1 unspecified atom stereocenters. The summed E-state index contributed by atoms with van der Waals surface area (Å²) in [6.45, 7) is 1.51. The van der Waals surface area contributed by atoms with Crippen LogP contribution in [-0.4, -0.2) is 28.1 Å². The first kappa shape index (κ1) is 19.2. The van der Waals surface area contributed by atoms with Crippen molar-refractivity contribution in [2.45, 2.75) is 19.5 Å². The molecule has 1 N–H and O–H groups in total. The minimum absolute atomic E-state index is 0.0598. The van der Waals surface area contributed by atoms with Crippen molar-refractivity contribution >= 4 is 29.1 Å². The smallest absolute Gasteiger partial charge is 0.227 e. The summed E-state index contributed by atoms with van der Waals surface area (Å²) in [5.74, 6) is -0.528. The van der Waals surface area contributed by atoms with Crippen LogP contribution in [0.25, 0.3) is 0 Å². The van der Waals surface area contributed by atoms with E-state index in [1.165, 1.54) is 0 Å². The summed E-state index contributed by atoms with van der Waals surface area (Å²) >= 11 is 6.02. The number of halogens is 1. The van der Waals surface area contributed by atoms with Gasteiger partial charge in [0.2, 0.25) is 11.8 Å². The summed E-state index contributed by atoms with van der Waals surface area (Å²) < 4.78 is 1.86. The average molecular weight is 409 g/mol. The normalized spacial score (nSPS) is 16.2. The van der Waals surface area contributed by atoms with Gasteiger partial charge in [0.05, 0.1) is 12.5 Å². The number of anilines is 1. The molecular formula is C22H21ClN4O2. The van der Waals surface area contributed by atoms with E-state index in [1.807, 2.05) is 47.3 Å². The van der Waals surface area contributed by atoms with E-state index in [0.29, 0.717) is 24.7 Å². The van der Waals surface area contributed by atoms with E-state index < -0.39 is 0 Å². The molecule has 1 aliphatic rings. The van der Waals surface area contributed by atoms with Crippen LogP contribution in [0.4, 0.5) is 5.69 Å². The molecule has 2 amide bonds. The Morgan fingerprint density at radius 3 is 2.66 bits per heavy atom. The number of aromatic nitrogens is 2. The van der Waals surface area contributed by atoms with E-state index in [1.54, 1.807) is 29.3 Å². The van der Waals surface area contributed by atoms with E-state index in [0.717, 1.165) is 16.8 Å². The highest BCUT2D eigenvalue weighted by atomic mass is 35.5. The maximum atomic E-state index is 12.6. The molecule has 1 aromatic heterocycles. The van der Waals surface area contributed by atoms with Gasteiger partial charge in [-0.25, -0.2) is 0 Å². The molecule has 1 fully saturated rings. The third-order valence-electron chi connectivity index (χ3n) is 5.01. The molecule has 1 saturated heterocycles. The maximum Gasteiger partial charge on any atom is 0.227 e. The molecule has 6 nitrogen and oxygen atoms in total. The van der Waals surface area contributed by atoms with E-state index in [4.69, 9.17) is 11.6 Å². The molecule has 1 aliphatic heterocycles. The molecule has 0 aliphatic carbocycles. The maximum absolute atomic E-state index is 12.6. The minimum atomic E-state index is -0.361. The van der Waals surface area contributed by atoms with Gasteiger partial charge in [0.15, 0.2) is 0 Å². The molecular weight excluding hydrogens is 388 g/mol. The fourth-order valence-electron chi connectivity index (χ4n) is 3.45. The van der Waals surface area contributed by atoms with Crippen LogP contribution in [0.1, 0.15) is 17.5 Å². The lowest BCUT2D eigenvalue weighted by molar-refractivity contribution is -0.126. The van der Waals surface area contributed by atoms with Crippen molar-refractivity contribution in [2.24, 2.45) is 5.92 Å². The van der Waals surface area contributed by atoms with Crippen molar-refractivity contribution < 1.29 is 9.59 Å². The van der Waals surface area contributed by atoms with Crippen LogP contribution in [0.2, 0.25) is 5.02 Å². The quantitative estimate of drug-likeness (QED) is 0.680. The summed E-state index contributed by atoms with van der Waals surface area (Å²) in [5, 5.41) is 7.71. The summed E-state index contributed by atoms with van der Waals surface area (Å²) in [4.78, 5) is 26.5. The molecule has 148 valence electrons. The van der Waals surface area contributed by atoms with Crippen LogP contribution in [0, 0.1) is 5.92 Å². The lowest BCUT2D eigenvalue weighted by Crippen LogP contribution is -2.32. The van der Waals surface area contributed by atoms with Crippen LogP contribution in [0.15, 0.2) is 67.0 Å². The standard InChI is InChI=1S/C22H21ClN4O2/c23-19-3-1-4-20(12-19)27-15-18(11-21(27)28)22(29)24-13-16-5-7-17(8-6-16)14-26-10-2-9-25-26/h1-10,12,18H,11,13-15H2,(H,24,29). The number of nitrogens with one attached hydrogen (secondary N) is 1. The molecule has 4 rings (SSSR count). The average Bonchev–Trinajstić information content (AvgIpc) is 3.37. The van der Waals surface area contributed by atoms with Crippen LogP contribution in [-0.2, 0) is 22.7 Å². The second kappa shape index (κ2) is 8.49. The monoisotopic (exact) mass is 408 g/mol. The van der Waals surface area contributed by atoms with Gasteiger partial charge in [0.1, 0.15) is 0 Å². The molecule has 7 heteroatoms. The third kappa shape index (κ3) is 4.66. The Kier molecular flexibility index (Phi) is 5.62. The third-order valence-corrected chi connectivity index (χ3v) is 5.24. The van der Waals surface area contributed by atoms with Gasteiger partial charge in [-0.15, -0.1) is 0 Å². The van der Waals surface area contributed by atoms with Gasteiger partial charge < -0.3 is 10.2 Å². The topological polar surface area (TPSA) is 67.2 Å². The highest BCUT2D eigenvalue weighted by molar-refractivity contribution is 6.31. The van der Waals surface area contributed by atoms with E-state index in [-0.39, 0.29) is 24.2 Å². The van der Waals surface area contributed by atoms with Crippen molar-refractivity contribution in [3.63, 3.8) is 0 Å². The Balaban J connectivity index is 1.31. The zero-order chi connectivity index (χ0) is 20.2. The largest absolute Gasteiger partial charge is 0.352 e. The first-order chi connectivity index (χ1) is 14.1. The predicted molar refractivity (Wildman–Crippen MR) is 112 cm³/mol. The number of hydrogen-bond acceptors (Lipinski definition) is 3. The van der Waals surface area contributed by atoms with Gasteiger partial charge in [0, 0.05) is 42.6 Å². The van der Waals surface area contributed by atoms with Crippen molar-refractivity contribution in [1.29, 1.82) is 0 Å². The molecule has 29 heavy (non-hydrogen) atoms. The van der Waals surface area contributed by atoms with Gasteiger partial charge in [-0.2, -0.15) is 5.10 Å². The number of carbonyl (C=O) groups is 2. The van der Waals surface area contributed by atoms with E-state index in [9.17, 15) is 9.59 Å². The van der Waals surface area contributed by atoms with Crippen molar-refractivity contribution in [3.8, 4) is 0 Å². The highest BCUT2D eigenvalue weighted by Crippen LogP contribution is 2.27. The number of nitrogens with zero attached hydrogens (tertiary/aromatic N) is 3. The second-order valence-corrected chi connectivity index (χ2v) is 7.56. The minimum Gasteiger partial charge on any atom is -0.352 e. The molecule has 3 aromatic rings. The second-order valence-electron chi connectivity index (χ2n) is 7.12. The number of rotatable bonds is 6. The zero-order valence-corrected chi connectivity index (χ0v) is 16.5. The van der Waals surface area contributed by atoms with Crippen LogP contribution in [0.3, 0.4) is 0 Å². The first-order valence-corrected chi connectivity index (χ1v) is 9.85. The SMILES string of the molecule is O=C(NCc1ccc(Cn2cccn2)cc1)C1CC(=O)N(c2cccc(Cl)c2)C1. The van der Waals surface area contributed by atoms with Crippen LogP contribution in [0.5, 0.6) is 0 Å².